The SMILES string of the molecule is C[C@@H]1O[C@@H](OCC(Cl)(Cl)Cl)[C@@H](O)[C@H](O)[C@@H]1O. The minimum absolute atomic E-state index is 0.297. The van der Waals surface area contributed by atoms with Crippen molar-refractivity contribution in [1.29, 1.82) is 0 Å². The molecule has 0 saturated carbocycles. The van der Waals surface area contributed by atoms with Gasteiger partial charge in [0.2, 0.25) is 3.79 Å². The van der Waals surface area contributed by atoms with E-state index in [0.29, 0.717) is 0 Å². The van der Waals surface area contributed by atoms with Gasteiger partial charge in [-0.05, 0) is 6.92 Å². The molecule has 3 N–H and O–H groups in total. The van der Waals surface area contributed by atoms with Crippen LogP contribution in [0.5, 0.6) is 0 Å². The molecule has 1 rings (SSSR count). The lowest BCUT2D eigenvalue weighted by Crippen LogP contribution is -2.57. The highest BCUT2D eigenvalue weighted by Crippen LogP contribution is 2.29. The van der Waals surface area contributed by atoms with Crippen molar-refractivity contribution in [3.05, 3.63) is 0 Å². The van der Waals surface area contributed by atoms with Crippen molar-refractivity contribution >= 4 is 34.8 Å². The van der Waals surface area contributed by atoms with Crippen molar-refractivity contribution in [1.82, 2.24) is 0 Å². The number of rotatable bonds is 2. The Morgan fingerprint density at radius 1 is 1.12 bits per heavy atom. The van der Waals surface area contributed by atoms with Gasteiger partial charge in [-0.1, -0.05) is 34.8 Å². The van der Waals surface area contributed by atoms with Gasteiger partial charge in [0.1, 0.15) is 18.3 Å². The number of hydrogen-bond donors (Lipinski definition) is 3. The van der Waals surface area contributed by atoms with E-state index in [1.54, 1.807) is 0 Å². The Kier molecular flexibility index (Phi) is 5.10. The molecule has 1 aliphatic heterocycles. The van der Waals surface area contributed by atoms with E-state index < -0.39 is 34.5 Å². The van der Waals surface area contributed by atoms with Gasteiger partial charge in [-0.15, -0.1) is 0 Å². The average Bonchev–Trinajstić information content (AvgIpc) is 2.17. The summed E-state index contributed by atoms with van der Waals surface area (Å²) in [6, 6.07) is 0. The van der Waals surface area contributed by atoms with Crippen LogP contribution in [0.15, 0.2) is 0 Å². The summed E-state index contributed by atoms with van der Waals surface area (Å²) in [6.45, 7) is 1.24. The van der Waals surface area contributed by atoms with Gasteiger partial charge in [-0.3, -0.25) is 0 Å². The first-order valence-corrected chi connectivity index (χ1v) is 5.74. The Balaban J connectivity index is 2.54. The van der Waals surface area contributed by atoms with Gasteiger partial charge in [0, 0.05) is 0 Å². The standard InChI is InChI=1S/C8H13Cl3O5/c1-3-4(12)5(13)6(14)7(16-3)15-2-8(9,10)11/h3-7,12-14H,2H2,1H3/t3-,4+,5+,6-,7+/m0/s1. The Morgan fingerprint density at radius 2 is 1.69 bits per heavy atom. The summed E-state index contributed by atoms with van der Waals surface area (Å²) in [4.78, 5) is 0. The summed E-state index contributed by atoms with van der Waals surface area (Å²) in [5.74, 6) is 0. The predicted octanol–water partition coefficient (Wildman–Crippen LogP) is 0.201. The molecule has 0 spiro atoms. The third-order valence-electron chi connectivity index (χ3n) is 2.22. The molecular weight excluding hydrogens is 282 g/mol. The van der Waals surface area contributed by atoms with Gasteiger partial charge in [0.05, 0.1) is 12.7 Å². The minimum atomic E-state index is -1.63. The van der Waals surface area contributed by atoms with Crippen molar-refractivity contribution in [3.63, 3.8) is 0 Å². The zero-order valence-corrected chi connectivity index (χ0v) is 10.7. The second-order valence-electron chi connectivity index (χ2n) is 3.61. The average molecular weight is 296 g/mol. The summed E-state index contributed by atoms with van der Waals surface area (Å²) < 4.78 is 8.50. The smallest absolute Gasteiger partial charge is 0.213 e. The van der Waals surface area contributed by atoms with Crippen LogP contribution in [0.3, 0.4) is 0 Å². The molecule has 0 aromatic carbocycles. The third kappa shape index (κ3) is 3.85. The van der Waals surface area contributed by atoms with Crippen molar-refractivity contribution in [2.75, 3.05) is 6.61 Å². The van der Waals surface area contributed by atoms with Crippen LogP contribution in [0.1, 0.15) is 6.92 Å². The monoisotopic (exact) mass is 294 g/mol. The van der Waals surface area contributed by atoms with Gasteiger partial charge in [-0.25, -0.2) is 0 Å². The van der Waals surface area contributed by atoms with Crippen LogP contribution in [0.25, 0.3) is 0 Å². The fourth-order valence-electron chi connectivity index (χ4n) is 1.33. The molecule has 0 amide bonds. The van der Waals surface area contributed by atoms with Crippen LogP contribution < -0.4 is 0 Å². The first kappa shape index (κ1) is 14.7. The zero-order valence-electron chi connectivity index (χ0n) is 8.39. The Bertz CT molecular complexity index is 234. The van der Waals surface area contributed by atoms with E-state index in [-0.39, 0.29) is 6.61 Å². The molecule has 0 aromatic heterocycles. The molecular formula is C8H13Cl3O5. The van der Waals surface area contributed by atoms with Crippen LogP contribution in [-0.4, -0.2) is 56.4 Å². The normalized spacial score (nSPS) is 41.1. The lowest BCUT2D eigenvalue weighted by Gasteiger charge is -2.39. The second-order valence-corrected chi connectivity index (χ2v) is 6.12. The van der Waals surface area contributed by atoms with Gasteiger partial charge < -0.3 is 24.8 Å². The van der Waals surface area contributed by atoms with E-state index in [9.17, 15) is 15.3 Å². The molecule has 0 aromatic rings. The van der Waals surface area contributed by atoms with Crippen molar-refractivity contribution in [2.45, 2.75) is 41.4 Å². The lowest BCUT2D eigenvalue weighted by molar-refractivity contribution is -0.292. The van der Waals surface area contributed by atoms with Crippen LogP contribution >= 0.6 is 34.8 Å². The van der Waals surface area contributed by atoms with Crippen molar-refractivity contribution in [2.24, 2.45) is 0 Å². The van der Waals surface area contributed by atoms with E-state index in [2.05, 4.69) is 0 Å². The molecule has 5 nitrogen and oxygen atoms in total. The lowest BCUT2D eigenvalue weighted by atomic mass is 10.0. The van der Waals surface area contributed by atoms with E-state index in [0.717, 1.165) is 0 Å². The maximum atomic E-state index is 9.53. The Labute approximate surface area is 108 Å². The van der Waals surface area contributed by atoms with Crippen molar-refractivity contribution < 1.29 is 24.8 Å². The Morgan fingerprint density at radius 3 is 2.19 bits per heavy atom. The highest BCUT2D eigenvalue weighted by atomic mass is 35.6. The largest absolute Gasteiger partial charge is 0.388 e. The molecule has 5 atom stereocenters. The highest BCUT2D eigenvalue weighted by Gasteiger charge is 2.43. The van der Waals surface area contributed by atoms with Crippen LogP contribution in [-0.2, 0) is 9.47 Å². The van der Waals surface area contributed by atoms with E-state index in [1.165, 1.54) is 6.92 Å². The highest BCUT2D eigenvalue weighted by molar-refractivity contribution is 6.67. The number of aliphatic hydroxyl groups excluding tert-OH is 3. The molecule has 96 valence electrons. The first-order valence-electron chi connectivity index (χ1n) is 4.60. The van der Waals surface area contributed by atoms with E-state index in [1.807, 2.05) is 0 Å². The fraction of sp³-hybridized carbons (Fsp3) is 1.00. The summed E-state index contributed by atoms with van der Waals surface area (Å²) in [5.41, 5.74) is 0. The number of hydrogen-bond acceptors (Lipinski definition) is 5. The quantitative estimate of drug-likeness (QED) is 0.634. The van der Waals surface area contributed by atoms with Gasteiger partial charge >= 0.3 is 0 Å². The molecule has 0 aliphatic carbocycles. The maximum Gasteiger partial charge on any atom is 0.213 e. The van der Waals surface area contributed by atoms with E-state index >= 15 is 0 Å². The Hall–Kier alpha value is 0.670. The predicted molar refractivity (Wildman–Crippen MR) is 58.6 cm³/mol. The fourth-order valence-corrected chi connectivity index (χ4v) is 1.52. The number of aliphatic hydroxyl groups is 3. The van der Waals surface area contributed by atoms with Gasteiger partial charge in [0.15, 0.2) is 6.29 Å². The molecule has 0 radical (unpaired) electrons. The maximum absolute atomic E-state index is 9.53. The third-order valence-corrected chi connectivity index (χ3v) is 2.55. The summed E-state index contributed by atoms with van der Waals surface area (Å²) in [6.07, 6.45) is -5.74. The molecule has 0 unspecified atom stereocenters. The second kappa shape index (κ2) is 5.54. The van der Waals surface area contributed by atoms with Crippen molar-refractivity contribution in [3.8, 4) is 0 Å². The molecule has 16 heavy (non-hydrogen) atoms. The van der Waals surface area contributed by atoms with Crippen LogP contribution in [0.2, 0.25) is 0 Å². The van der Waals surface area contributed by atoms with Crippen LogP contribution in [0, 0.1) is 0 Å². The summed E-state index contributed by atoms with van der Waals surface area (Å²) in [5, 5.41) is 28.4. The molecule has 1 fully saturated rings. The number of halogens is 3. The number of alkyl halides is 3. The van der Waals surface area contributed by atoms with Gasteiger partial charge in [0.25, 0.3) is 0 Å². The number of ether oxygens (including phenoxy) is 2. The topological polar surface area (TPSA) is 79.2 Å². The molecule has 1 heterocycles. The molecule has 1 saturated heterocycles. The molecule has 1 aliphatic rings. The van der Waals surface area contributed by atoms with E-state index in [4.69, 9.17) is 44.3 Å². The minimum Gasteiger partial charge on any atom is -0.388 e. The van der Waals surface area contributed by atoms with Gasteiger partial charge in [-0.2, -0.15) is 0 Å². The zero-order chi connectivity index (χ0) is 12.5. The summed E-state index contributed by atoms with van der Waals surface area (Å²) >= 11 is 16.4. The molecule has 0 bridgehead atoms. The van der Waals surface area contributed by atoms with Crippen LogP contribution in [0.4, 0.5) is 0 Å². The summed E-state index contributed by atoms with van der Waals surface area (Å²) in [7, 11) is 0. The molecule has 8 heteroatoms. The first-order chi connectivity index (χ1) is 7.22.